The molecule has 5 nitrogen and oxygen atoms in total. The summed E-state index contributed by atoms with van der Waals surface area (Å²) < 4.78 is 4.97. The first kappa shape index (κ1) is 28.0. The van der Waals surface area contributed by atoms with Crippen LogP contribution in [0.15, 0.2) is 121 Å². The molecule has 2 saturated heterocycles. The molecule has 6 rings (SSSR count). The summed E-state index contributed by atoms with van der Waals surface area (Å²) >= 11 is 1.39. The van der Waals surface area contributed by atoms with Crippen LogP contribution in [-0.2, 0) is 20.9 Å². The second kappa shape index (κ2) is 11.0. The molecule has 0 aliphatic carbocycles. The maximum absolute atomic E-state index is 13.7. The van der Waals surface area contributed by atoms with Gasteiger partial charge in [0.15, 0.2) is 0 Å². The Kier molecular flexibility index (Phi) is 7.32. The van der Waals surface area contributed by atoms with E-state index < -0.39 is 41.7 Å². The maximum atomic E-state index is 13.7. The molecule has 1 N–H and O–H groups in total. The smallest absolute Gasteiger partial charge is 0.330 e. The lowest BCUT2D eigenvalue weighted by atomic mass is 9.88. The number of benzene rings is 4. The quantitative estimate of drug-likeness (QED) is 0.123. The summed E-state index contributed by atoms with van der Waals surface area (Å²) in [7, 11) is -3.01. The Morgan fingerprint density at radius 1 is 0.833 bits per heavy atom. The number of aliphatic hydroxyl groups is 1. The lowest BCUT2D eigenvalue weighted by molar-refractivity contribution is -0.180. The molecule has 4 aromatic carbocycles. The van der Waals surface area contributed by atoms with Gasteiger partial charge >= 0.3 is 5.97 Å². The third-order valence-corrected chi connectivity index (χ3v) is 13.8. The molecule has 0 radical (unpaired) electrons. The molecule has 210 valence electrons. The van der Waals surface area contributed by atoms with E-state index in [1.807, 2.05) is 98.8 Å². The number of hydrogen-bond acceptors (Lipinski definition) is 5. The molecule has 0 bridgehead atoms. The van der Waals surface area contributed by atoms with Gasteiger partial charge in [0.1, 0.15) is 18.0 Å². The molecule has 0 aromatic heterocycles. The van der Waals surface area contributed by atoms with Crippen LogP contribution in [0.2, 0.25) is 0 Å². The van der Waals surface area contributed by atoms with E-state index in [0.29, 0.717) is 0 Å². The third-order valence-electron chi connectivity index (χ3n) is 8.03. The van der Waals surface area contributed by atoms with Crippen molar-refractivity contribution >= 4 is 47.3 Å². The molecule has 1 amide bonds. The van der Waals surface area contributed by atoms with Crippen molar-refractivity contribution in [3.63, 3.8) is 0 Å². The predicted molar refractivity (Wildman–Crippen MR) is 169 cm³/mol. The first-order valence-corrected chi connectivity index (χ1v) is 16.8. The van der Waals surface area contributed by atoms with Crippen molar-refractivity contribution in [2.75, 3.05) is 0 Å². The Labute approximate surface area is 251 Å². The Morgan fingerprint density at radius 2 is 1.29 bits per heavy atom. The average molecular weight is 590 g/mol. The molecular formula is C35H31NO4SSi. The minimum absolute atomic E-state index is 0.118. The first-order valence-electron chi connectivity index (χ1n) is 13.9. The van der Waals surface area contributed by atoms with Gasteiger partial charge in [0.25, 0.3) is 5.91 Å². The predicted octanol–water partition coefficient (Wildman–Crippen LogP) is 3.24. The van der Waals surface area contributed by atoms with Crippen LogP contribution in [0.3, 0.4) is 0 Å². The van der Waals surface area contributed by atoms with Crippen LogP contribution < -0.4 is 15.6 Å². The van der Waals surface area contributed by atoms with Crippen molar-refractivity contribution in [1.82, 2.24) is 4.90 Å². The lowest BCUT2D eigenvalue weighted by Crippen LogP contribution is -2.73. The van der Waals surface area contributed by atoms with Gasteiger partial charge in [-0.15, -0.1) is 17.3 Å². The number of amides is 1. The topological polar surface area (TPSA) is 66.8 Å². The van der Waals surface area contributed by atoms with Gasteiger partial charge in [0.05, 0.1) is 0 Å². The SMILES string of the molecule is CC1(C)S[C@H]2N(C(=O)[C@]2(O)C#C[Si](c2ccccc2)(c2ccccc2)c2ccccc2)[C@H]1C(=O)OCc1ccccc1. The number of carbonyl (C=O) groups excluding carboxylic acids is 2. The van der Waals surface area contributed by atoms with Crippen molar-refractivity contribution in [2.45, 2.75) is 42.2 Å². The molecule has 0 saturated carbocycles. The summed E-state index contributed by atoms with van der Waals surface area (Å²) in [4.78, 5) is 28.5. The van der Waals surface area contributed by atoms with Gasteiger partial charge in [-0.05, 0) is 35.0 Å². The highest BCUT2D eigenvalue weighted by molar-refractivity contribution is 8.01. The second-order valence-electron chi connectivity index (χ2n) is 11.1. The minimum Gasteiger partial charge on any atom is -0.459 e. The zero-order valence-electron chi connectivity index (χ0n) is 23.4. The summed E-state index contributed by atoms with van der Waals surface area (Å²) in [5.74, 6) is 2.07. The maximum Gasteiger partial charge on any atom is 0.330 e. The van der Waals surface area contributed by atoms with E-state index in [2.05, 4.69) is 47.9 Å². The molecule has 4 aromatic rings. The molecular weight excluding hydrogens is 559 g/mol. The number of esters is 1. The van der Waals surface area contributed by atoms with Crippen molar-refractivity contribution in [3.05, 3.63) is 127 Å². The van der Waals surface area contributed by atoms with Crippen LogP contribution in [-0.4, -0.2) is 51.7 Å². The second-order valence-corrected chi connectivity index (χ2v) is 16.4. The van der Waals surface area contributed by atoms with Gasteiger partial charge in [-0.1, -0.05) is 127 Å². The van der Waals surface area contributed by atoms with Crippen LogP contribution in [0.4, 0.5) is 0 Å². The van der Waals surface area contributed by atoms with E-state index in [-0.39, 0.29) is 6.61 Å². The number of rotatable bonds is 6. The van der Waals surface area contributed by atoms with Gasteiger partial charge in [0.2, 0.25) is 13.7 Å². The lowest BCUT2D eigenvalue weighted by Gasteiger charge is -2.47. The summed E-state index contributed by atoms with van der Waals surface area (Å²) in [5, 5.41) is 14.4. The summed E-state index contributed by atoms with van der Waals surface area (Å²) in [6.07, 6.45) is 0. The van der Waals surface area contributed by atoms with E-state index in [4.69, 9.17) is 4.74 Å². The minimum atomic E-state index is -3.01. The fourth-order valence-corrected chi connectivity index (χ4v) is 11.4. The first-order chi connectivity index (χ1) is 20.3. The average Bonchev–Trinajstić information content (AvgIpc) is 3.31. The van der Waals surface area contributed by atoms with Gasteiger partial charge in [0, 0.05) is 4.75 Å². The van der Waals surface area contributed by atoms with Gasteiger partial charge in [-0.3, -0.25) is 4.79 Å². The number of hydrogen-bond donors (Lipinski definition) is 1. The molecule has 2 heterocycles. The zero-order chi connectivity index (χ0) is 29.4. The van der Waals surface area contributed by atoms with Gasteiger partial charge in [-0.2, -0.15) is 0 Å². The van der Waals surface area contributed by atoms with Crippen molar-refractivity contribution in [2.24, 2.45) is 0 Å². The molecule has 0 unspecified atom stereocenters. The van der Waals surface area contributed by atoms with Crippen LogP contribution in [0.5, 0.6) is 0 Å². The van der Waals surface area contributed by atoms with Crippen LogP contribution in [0.1, 0.15) is 19.4 Å². The Hall–Kier alpha value is -4.09. The van der Waals surface area contributed by atoms with Gasteiger partial charge < -0.3 is 14.7 Å². The summed E-state index contributed by atoms with van der Waals surface area (Å²) in [6.45, 7) is 3.93. The molecule has 2 aliphatic rings. The molecule has 2 fully saturated rings. The number of carbonyl (C=O) groups is 2. The van der Waals surface area contributed by atoms with Crippen molar-refractivity contribution < 1.29 is 19.4 Å². The monoisotopic (exact) mass is 589 g/mol. The van der Waals surface area contributed by atoms with E-state index in [0.717, 1.165) is 21.1 Å². The zero-order valence-corrected chi connectivity index (χ0v) is 25.3. The number of β-lactam (4-membered cyclic amide) rings is 1. The van der Waals surface area contributed by atoms with Crippen LogP contribution in [0.25, 0.3) is 0 Å². The standard InChI is InChI=1S/C35H31NO4SSi/c1-34(2)30(31(37)40-25-26-15-7-3-8-16-26)36-32(38)35(39,33(36)41-34)23-24-42(27-17-9-4-10-18-27,28-19-11-5-12-20-28)29-21-13-6-14-22-29/h3-22,30,33,39H,25H2,1-2H3/t30-,33+,35+/m0/s1. The van der Waals surface area contributed by atoms with Crippen molar-refractivity contribution in [3.8, 4) is 11.5 Å². The summed E-state index contributed by atoms with van der Waals surface area (Å²) in [5.41, 5.74) is 2.49. The molecule has 0 spiro atoms. The van der Waals surface area contributed by atoms with E-state index in [1.54, 1.807) is 0 Å². The van der Waals surface area contributed by atoms with Crippen LogP contribution >= 0.6 is 11.8 Å². The highest BCUT2D eigenvalue weighted by Crippen LogP contribution is 2.55. The third kappa shape index (κ3) is 4.66. The highest BCUT2D eigenvalue weighted by atomic mass is 32.2. The summed E-state index contributed by atoms with van der Waals surface area (Å²) in [6, 6.07) is 39.0. The van der Waals surface area contributed by atoms with Crippen molar-refractivity contribution in [1.29, 1.82) is 0 Å². The number of thioether (sulfide) groups is 1. The number of nitrogens with zero attached hydrogens (tertiary/aromatic N) is 1. The highest BCUT2D eigenvalue weighted by Gasteiger charge is 2.71. The molecule has 3 atom stereocenters. The van der Waals surface area contributed by atoms with E-state index in [1.165, 1.54) is 16.7 Å². The number of fused-ring (bicyclic) bond motifs is 1. The van der Waals surface area contributed by atoms with E-state index in [9.17, 15) is 14.7 Å². The van der Waals surface area contributed by atoms with Gasteiger partial charge in [-0.25, -0.2) is 4.79 Å². The largest absolute Gasteiger partial charge is 0.459 e. The Bertz CT molecular complexity index is 1560. The Morgan fingerprint density at radius 3 is 1.76 bits per heavy atom. The normalized spacial score (nSPS) is 22.4. The molecule has 7 heteroatoms. The molecule has 42 heavy (non-hydrogen) atoms. The molecule has 2 aliphatic heterocycles. The van der Waals surface area contributed by atoms with Crippen LogP contribution in [0, 0.1) is 11.5 Å². The fraction of sp³-hybridized carbons (Fsp3) is 0.200. The fourth-order valence-electron chi connectivity index (χ4n) is 5.92. The Balaban J connectivity index is 1.38. The number of ether oxygens (including phenoxy) is 1. The van der Waals surface area contributed by atoms with E-state index >= 15 is 0 Å².